The average Bonchev–Trinajstić information content (AvgIpc) is 2.69. The van der Waals surface area contributed by atoms with Crippen molar-refractivity contribution in [3.8, 4) is 0 Å². The molecule has 1 fully saturated rings. The standard InChI is InChI=1S/C20H26N4O/c1-2-3-12-22-20(25)17-10-7-11-19(23-17)24-14-13-21-18(15-24)16-8-5-4-6-9-16/h4-11,18,21H,2-3,12-15H2,1H3,(H,22,25). The van der Waals surface area contributed by atoms with E-state index in [1.165, 1.54) is 5.56 Å². The van der Waals surface area contributed by atoms with Crippen LogP contribution in [0, 0.1) is 0 Å². The lowest BCUT2D eigenvalue weighted by atomic mass is 10.0. The Morgan fingerprint density at radius 3 is 2.88 bits per heavy atom. The molecule has 132 valence electrons. The first kappa shape index (κ1) is 17.4. The third-order valence-corrected chi connectivity index (χ3v) is 4.48. The molecule has 25 heavy (non-hydrogen) atoms. The van der Waals surface area contributed by atoms with E-state index >= 15 is 0 Å². The Morgan fingerprint density at radius 2 is 2.08 bits per heavy atom. The lowest BCUT2D eigenvalue weighted by Gasteiger charge is -2.34. The minimum atomic E-state index is -0.0926. The molecule has 1 aliphatic rings. The van der Waals surface area contributed by atoms with Crippen LogP contribution in [0.2, 0.25) is 0 Å². The Kier molecular flexibility index (Phi) is 6.01. The summed E-state index contributed by atoms with van der Waals surface area (Å²) >= 11 is 0. The number of anilines is 1. The number of rotatable bonds is 6. The van der Waals surface area contributed by atoms with Crippen LogP contribution in [0.5, 0.6) is 0 Å². The molecule has 1 aromatic heterocycles. The number of pyridine rings is 1. The van der Waals surface area contributed by atoms with Crippen LogP contribution in [0.15, 0.2) is 48.5 Å². The van der Waals surface area contributed by atoms with E-state index in [0.717, 1.165) is 38.3 Å². The number of nitrogens with one attached hydrogen (secondary N) is 2. The van der Waals surface area contributed by atoms with Crippen molar-refractivity contribution >= 4 is 11.7 Å². The number of hydrogen-bond acceptors (Lipinski definition) is 4. The molecule has 0 spiro atoms. The summed E-state index contributed by atoms with van der Waals surface area (Å²) in [6, 6.07) is 16.4. The van der Waals surface area contributed by atoms with Crippen LogP contribution >= 0.6 is 0 Å². The molecule has 1 aromatic carbocycles. The summed E-state index contributed by atoms with van der Waals surface area (Å²) in [6.45, 7) is 5.44. The Labute approximate surface area is 149 Å². The van der Waals surface area contributed by atoms with Gasteiger partial charge in [-0.2, -0.15) is 0 Å². The second kappa shape index (κ2) is 8.62. The quantitative estimate of drug-likeness (QED) is 0.795. The molecule has 0 bridgehead atoms. The van der Waals surface area contributed by atoms with Gasteiger partial charge in [-0.25, -0.2) is 4.98 Å². The number of carbonyl (C=O) groups excluding carboxylic acids is 1. The molecule has 1 aliphatic heterocycles. The number of benzene rings is 1. The number of hydrogen-bond donors (Lipinski definition) is 2. The van der Waals surface area contributed by atoms with Gasteiger partial charge in [0.15, 0.2) is 0 Å². The zero-order chi connectivity index (χ0) is 17.5. The smallest absolute Gasteiger partial charge is 0.269 e. The molecule has 3 rings (SSSR count). The van der Waals surface area contributed by atoms with Crippen LogP contribution < -0.4 is 15.5 Å². The average molecular weight is 338 g/mol. The summed E-state index contributed by atoms with van der Waals surface area (Å²) < 4.78 is 0. The van der Waals surface area contributed by atoms with E-state index in [4.69, 9.17) is 0 Å². The monoisotopic (exact) mass is 338 g/mol. The maximum Gasteiger partial charge on any atom is 0.269 e. The van der Waals surface area contributed by atoms with E-state index in [0.29, 0.717) is 12.2 Å². The summed E-state index contributed by atoms with van der Waals surface area (Å²) in [7, 11) is 0. The van der Waals surface area contributed by atoms with Crippen molar-refractivity contribution in [1.29, 1.82) is 0 Å². The highest BCUT2D eigenvalue weighted by atomic mass is 16.1. The van der Waals surface area contributed by atoms with Gasteiger partial charge in [-0.3, -0.25) is 4.79 Å². The van der Waals surface area contributed by atoms with Gasteiger partial charge in [-0.05, 0) is 24.1 Å². The molecular weight excluding hydrogens is 312 g/mol. The minimum absolute atomic E-state index is 0.0926. The molecule has 5 heteroatoms. The maximum absolute atomic E-state index is 12.2. The molecule has 1 atom stereocenters. The summed E-state index contributed by atoms with van der Waals surface area (Å²) in [5.41, 5.74) is 1.77. The second-order valence-corrected chi connectivity index (χ2v) is 6.35. The van der Waals surface area contributed by atoms with Gasteiger partial charge in [0.2, 0.25) is 0 Å². The topological polar surface area (TPSA) is 57.3 Å². The third-order valence-electron chi connectivity index (χ3n) is 4.48. The number of piperazine rings is 1. The highest BCUT2D eigenvalue weighted by molar-refractivity contribution is 5.92. The van der Waals surface area contributed by atoms with Crippen LogP contribution in [0.4, 0.5) is 5.82 Å². The third kappa shape index (κ3) is 4.57. The molecule has 2 heterocycles. The Balaban J connectivity index is 1.69. The predicted octanol–water partition coefficient (Wildman–Crippen LogP) is 2.76. The van der Waals surface area contributed by atoms with Crippen LogP contribution in [-0.4, -0.2) is 37.1 Å². The number of nitrogens with zero attached hydrogens (tertiary/aromatic N) is 2. The second-order valence-electron chi connectivity index (χ2n) is 6.35. The van der Waals surface area contributed by atoms with Crippen LogP contribution in [0.25, 0.3) is 0 Å². The summed E-state index contributed by atoms with van der Waals surface area (Å²) in [6.07, 6.45) is 2.05. The Hall–Kier alpha value is -2.40. The molecule has 2 aromatic rings. The van der Waals surface area contributed by atoms with Crippen molar-refractivity contribution in [2.45, 2.75) is 25.8 Å². The largest absolute Gasteiger partial charge is 0.353 e. The first-order valence-corrected chi connectivity index (χ1v) is 9.06. The fraction of sp³-hybridized carbons (Fsp3) is 0.400. The van der Waals surface area contributed by atoms with Crippen LogP contribution in [-0.2, 0) is 0 Å². The molecule has 2 N–H and O–H groups in total. The van der Waals surface area contributed by atoms with Gasteiger partial charge in [-0.1, -0.05) is 49.7 Å². The van der Waals surface area contributed by atoms with Gasteiger partial charge in [-0.15, -0.1) is 0 Å². The zero-order valence-electron chi connectivity index (χ0n) is 14.7. The van der Waals surface area contributed by atoms with E-state index in [-0.39, 0.29) is 11.9 Å². The van der Waals surface area contributed by atoms with Gasteiger partial charge in [0.25, 0.3) is 5.91 Å². The summed E-state index contributed by atoms with van der Waals surface area (Å²) in [5.74, 6) is 0.774. The number of aromatic nitrogens is 1. The molecule has 0 aliphatic carbocycles. The fourth-order valence-electron chi connectivity index (χ4n) is 3.06. The molecule has 0 radical (unpaired) electrons. The van der Waals surface area contributed by atoms with Crippen molar-refractivity contribution in [3.05, 3.63) is 59.8 Å². The minimum Gasteiger partial charge on any atom is -0.353 e. The van der Waals surface area contributed by atoms with Gasteiger partial charge in [0.05, 0.1) is 0 Å². The van der Waals surface area contributed by atoms with Crippen molar-refractivity contribution < 1.29 is 4.79 Å². The Bertz CT molecular complexity index is 689. The summed E-state index contributed by atoms with van der Waals surface area (Å²) in [5, 5.41) is 6.49. The predicted molar refractivity (Wildman–Crippen MR) is 101 cm³/mol. The lowest BCUT2D eigenvalue weighted by Crippen LogP contribution is -2.46. The summed E-state index contributed by atoms with van der Waals surface area (Å²) in [4.78, 5) is 19.1. The zero-order valence-corrected chi connectivity index (χ0v) is 14.7. The molecule has 1 saturated heterocycles. The van der Waals surface area contributed by atoms with Crippen molar-refractivity contribution in [1.82, 2.24) is 15.6 Å². The molecule has 1 amide bonds. The van der Waals surface area contributed by atoms with Crippen molar-refractivity contribution in [2.24, 2.45) is 0 Å². The van der Waals surface area contributed by atoms with E-state index in [1.807, 2.05) is 18.2 Å². The SMILES string of the molecule is CCCCNC(=O)c1cccc(N2CCNC(c3ccccc3)C2)n1. The first-order chi connectivity index (χ1) is 12.3. The normalized spacial score (nSPS) is 17.3. The van der Waals surface area contributed by atoms with Gasteiger partial charge < -0.3 is 15.5 Å². The van der Waals surface area contributed by atoms with Crippen LogP contribution in [0.1, 0.15) is 41.9 Å². The van der Waals surface area contributed by atoms with E-state index in [2.05, 4.69) is 51.7 Å². The van der Waals surface area contributed by atoms with E-state index in [9.17, 15) is 4.79 Å². The van der Waals surface area contributed by atoms with Crippen LogP contribution in [0.3, 0.4) is 0 Å². The molecule has 0 saturated carbocycles. The van der Waals surface area contributed by atoms with Gasteiger partial charge in [0, 0.05) is 32.2 Å². The maximum atomic E-state index is 12.2. The van der Waals surface area contributed by atoms with Crippen molar-refractivity contribution in [3.63, 3.8) is 0 Å². The first-order valence-electron chi connectivity index (χ1n) is 9.06. The van der Waals surface area contributed by atoms with Gasteiger partial charge in [0.1, 0.15) is 11.5 Å². The van der Waals surface area contributed by atoms with E-state index in [1.54, 1.807) is 6.07 Å². The fourth-order valence-corrected chi connectivity index (χ4v) is 3.06. The number of amides is 1. The highest BCUT2D eigenvalue weighted by Gasteiger charge is 2.22. The highest BCUT2D eigenvalue weighted by Crippen LogP contribution is 2.21. The van der Waals surface area contributed by atoms with Gasteiger partial charge >= 0.3 is 0 Å². The molecule has 1 unspecified atom stereocenters. The lowest BCUT2D eigenvalue weighted by molar-refractivity contribution is 0.0948. The number of unbranched alkanes of at least 4 members (excludes halogenated alkanes) is 1. The molecular formula is C20H26N4O. The number of carbonyl (C=O) groups is 1. The Morgan fingerprint density at radius 1 is 1.24 bits per heavy atom. The molecule has 5 nitrogen and oxygen atoms in total. The van der Waals surface area contributed by atoms with Crippen molar-refractivity contribution in [2.75, 3.05) is 31.1 Å². The van der Waals surface area contributed by atoms with E-state index < -0.39 is 0 Å².